The Morgan fingerprint density at radius 2 is 1.62 bits per heavy atom. The number of benzene rings is 2. The molecule has 0 unspecified atom stereocenters. The lowest BCUT2D eigenvalue weighted by molar-refractivity contribution is -0.137. The second kappa shape index (κ2) is 13.5. The monoisotopic (exact) mass is 602 g/mol. The van der Waals surface area contributed by atoms with Crippen LogP contribution in [0.25, 0.3) is 11.3 Å². The molecule has 0 saturated heterocycles. The SMILES string of the molecule is CC.COc1ccc(COc2cnc(-n3c(SCc4ccc(C(F)(F)F)cc4)nn4ncc(CF)c4c3=O)cn2)cc1. The maximum absolute atomic E-state index is 13.5. The van der Waals surface area contributed by atoms with Crippen LogP contribution in [-0.4, -0.2) is 36.5 Å². The van der Waals surface area contributed by atoms with Crippen molar-refractivity contribution in [3.8, 4) is 17.4 Å². The summed E-state index contributed by atoms with van der Waals surface area (Å²) in [6, 6.07) is 11.9. The first-order chi connectivity index (χ1) is 20.3. The van der Waals surface area contributed by atoms with E-state index in [2.05, 4.69) is 20.2 Å². The molecule has 5 aromatic rings. The van der Waals surface area contributed by atoms with Crippen LogP contribution in [0.5, 0.6) is 11.6 Å². The predicted molar refractivity (Wildman–Crippen MR) is 149 cm³/mol. The molecule has 9 nitrogen and oxygen atoms in total. The quantitative estimate of drug-likeness (QED) is 0.148. The van der Waals surface area contributed by atoms with E-state index in [1.54, 1.807) is 19.2 Å². The number of nitrogens with zero attached hydrogens (tertiary/aromatic N) is 6. The molecule has 0 bridgehead atoms. The van der Waals surface area contributed by atoms with Crippen molar-refractivity contribution in [1.82, 2.24) is 29.4 Å². The number of rotatable bonds is 9. The van der Waals surface area contributed by atoms with Gasteiger partial charge in [0.1, 0.15) is 19.0 Å². The molecular formula is C28H26F4N6O3S. The van der Waals surface area contributed by atoms with E-state index < -0.39 is 24.0 Å². The molecule has 3 heterocycles. The molecule has 0 aliphatic rings. The van der Waals surface area contributed by atoms with Gasteiger partial charge in [-0.2, -0.15) is 18.3 Å². The number of ether oxygens (including phenoxy) is 2. The maximum Gasteiger partial charge on any atom is 0.416 e. The molecule has 0 aliphatic carbocycles. The number of halogens is 4. The topological polar surface area (TPSA) is 96.4 Å². The Bertz CT molecular complexity index is 1670. The molecule has 0 atom stereocenters. The lowest BCUT2D eigenvalue weighted by Crippen LogP contribution is -2.26. The Hall–Kier alpha value is -4.46. The number of methoxy groups -OCH3 is 1. The third-order valence-corrected chi connectivity index (χ3v) is 6.79. The summed E-state index contributed by atoms with van der Waals surface area (Å²) in [5.74, 6) is 1.20. The standard InChI is InChI=1S/C26H20F4N6O3S.C2H6/c1-38-20-8-4-16(5-9-20)14-39-22-13-31-21(12-32-22)35-24(37)23-18(10-27)11-33-36(23)34-25(35)40-15-17-2-6-19(7-3-17)26(28,29)30;1-2/h2-9,11-13H,10,14-15H2,1H3;1-2H3. The van der Waals surface area contributed by atoms with Gasteiger partial charge in [0.2, 0.25) is 5.88 Å². The van der Waals surface area contributed by atoms with E-state index in [0.717, 1.165) is 38.7 Å². The average molecular weight is 603 g/mol. The second-order valence-corrected chi connectivity index (χ2v) is 9.34. The first kappa shape index (κ1) is 30.5. The Kier molecular flexibility index (Phi) is 9.78. The fourth-order valence-corrected chi connectivity index (χ4v) is 4.63. The summed E-state index contributed by atoms with van der Waals surface area (Å²) < 4.78 is 65.3. The summed E-state index contributed by atoms with van der Waals surface area (Å²) >= 11 is 1.08. The van der Waals surface area contributed by atoms with E-state index in [9.17, 15) is 22.4 Å². The molecule has 0 saturated carbocycles. The summed E-state index contributed by atoms with van der Waals surface area (Å²) in [6.45, 7) is 3.29. The molecular weight excluding hydrogens is 576 g/mol. The lowest BCUT2D eigenvalue weighted by atomic mass is 10.1. The zero-order chi connectivity index (χ0) is 30.3. The van der Waals surface area contributed by atoms with Crippen molar-refractivity contribution < 1.29 is 27.0 Å². The molecule has 0 aliphatic heterocycles. The fourth-order valence-electron chi connectivity index (χ4n) is 3.70. The minimum atomic E-state index is -4.45. The summed E-state index contributed by atoms with van der Waals surface area (Å²) in [7, 11) is 1.57. The number of aromatic nitrogens is 6. The van der Waals surface area contributed by atoms with Gasteiger partial charge in [-0.3, -0.25) is 4.79 Å². The number of thioether (sulfide) groups is 1. The number of hydrogen-bond acceptors (Lipinski definition) is 8. The van der Waals surface area contributed by atoms with Gasteiger partial charge < -0.3 is 9.47 Å². The summed E-state index contributed by atoms with van der Waals surface area (Å²) in [6.07, 6.45) is -0.584. The van der Waals surface area contributed by atoms with Gasteiger partial charge in [-0.25, -0.2) is 18.9 Å². The molecule has 0 spiro atoms. The lowest BCUT2D eigenvalue weighted by Gasteiger charge is -2.12. The molecule has 0 fully saturated rings. The van der Waals surface area contributed by atoms with Crippen molar-refractivity contribution >= 4 is 17.3 Å². The molecule has 42 heavy (non-hydrogen) atoms. The van der Waals surface area contributed by atoms with Crippen LogP contribution < -0.4 is 15.0 Å². The van der Waals surface area contributed by atoms with E-state index >= 15 is 0 Å². The Morgan fingerprint density at radius 3 is 2.21 bits per heavy atom. The highest BCUT2D eigenvalue weighted by atomic mass is 32.2. The molecule has 220 valence electrons. The van der Waals surface area contributed by atoms with Crippen LogP contribution in [0.3, 0.4) is 0 Å². The number of hydrogen-bond donors (Lipinski definition) is 0. The van der Waals surface area contributed by atoms with Crippen molar-refractivity contribution in [2.45, 2.75) is 44.2 Å². The molecule has 0 radical (unpaired) electrons. The Morgan fingerprint density at radius 1 is 0.929 bits per heavy atom. The van der Waals surface area contributed by atoms with Gasteiger partial charge in [0.05, 0.1) is 31.3 Å². The van der Waals surface area contributed by atoms with Gasteiger partial charge in [-0.05, 0) is 35.4 Å². The Balaban J connectivity index is 0.00000198. The highest BCUT2D eigenvalue weighted by Gasteiger charge is 2.30. The summed E-state index contributed by atoms with van der Waals surface area (Å²) in [5, 5.41) is 8.44. The van der Waals surface area contributed by atoms with Gasteiger partial charge in [0.25, 0.3) is 5.56 Å². The van der Waals surface area contributed by atoms with Crippen molar-refractivity contribution in [3.63, 3.8) is 0 Å². The van der Waals surface area contributed by atoms with Gasteiger partial charge in [0.15, 0.2) is 16.5 Å². The number of fused-ring (bicyclic) bond motifs is 1. The van der Waals surface area contributed by atoms with E-state index in [0.29, 0.717) is 11.3 Å². The molecule has 5 rings (SSSR count). The number of alkyl halides is 4. The van der Waals surface area contributed by atoms with Crippen LogP contribution in [0.4, 0.5) is 17.6 Å². The van der Waals surface area contributed by atoms with Crippen LogP contribution in [0.2, 0.25) is 0 Å². The van der Waals surface area contributed by atoms with Gasteiger partial charge in [-0.15, -0.1) is 9.73 Å². The van der Waals surface area contributed by atoms with Crippen LogP contribution in [0.15, 0.2) is 77.1 Å². The average Bonchev–Trinajstić information content (AvgIpc) is 3.44. The summed E-state index contributed by atoms with van der Waals surface area (Å²) in [4.78, 5) is 22.0. The van der Waals surface area contributed by atoms with Gasteiger partial charge in [-0.1, -0.05) is 49.9 Å². The highest BCUT2D eigenvalue weighted by Crippen LogP contribution is 2.30. The fraction of sp³-hybridized carbons (Fsp3) is 0.250. The van der Waals surface area contributed by atoms with E-state index in [4.69, 9.17) is 9.47 Å². The van der Waals surface area contributed by atoms with E-state index in [1.165, 1.54) is 30.7 Å². The van der Waals surface area contributed by atoms with Crippen molar-refractivity contribution in [1.29, 1.82) is 0 Å². The highest BCUT2D eigenvalue weighted by molar-refractivity contribution is 7.98. The Labute approximate surface area is 242 Å². The normalized spacial score (nSPS) is 11.2. The van der Waals surface area contributed by atoms with E-state index in [-0.39, 0.29) is 40.3 Å². The van der Waals surface area contributed by atoms with Crippen molar-refractivity contribution in [2.24, 2.45) is 0 Å². The smallest absolute Gasteiger partial charge is 0.416 e. The summed E-state index contributed by atoms with van der Waals surface area (Å²) in [5.41, 5.74) is 0.0333. The second-order valence-electron chi connectivity index (χ2n) is 8.40. The maximum atomic E-state index is 13.5. The largest absolute Gasteiger partial charge is 0.497 e. The molecule has 3 aromatic heterocycles. The molecule has 0 amide bonds. The minimum Gasteiger partial charge on any atom is -0.497 e. The predicted octanol–water partition coefficient (Wildman–Crippen LogP) is 6.06. The first-order valence-corrected chi connectivity index (χ1v) is 13.7. The minimum absolute atomic E-state index is 0.0537. The zero-order valence-corrected chi connectivity index (χ0v) is 23.6. The third-order valence-electron chi connectivity index (χ3n) is 5.79. The van der Waals surface area contributed by atoms with Crippen LogP contribution in [0, 0.1) is 0 Å². The molecule has 14 heteroatoms. The van der Waals surface area contributed by atoms with Gasteiger partial charge >= 0.3 is 6.18 Å². The molecule has 2 aromatic carbocycles. The van der Waals surface area contributed by atoms with Crippen LogP contribution >= 0.6 is 11.8 Å². The van der Waals surface area contributed by atoms with Crippen LogP contribution in [-0.2, 0) is 25.2 Å². The zero-order valence-electron chi connectivity index (χ0n) is 22.8. The van der Waals surface area contributed by atoms with E-state index in [1.807, 2.05) is 26.0 Å². The van der Waals surface area contributed by atoms with Crippen molar-refractivity contribution in [3.05, 3.63) is 99.7 Å². The van der Waals surface area contributed by atoms with Gasteiger partial charge in [0, 0.05) is 11.3 Å². The molecule has 0 N–H and O–H groups in total. The first-order valence-electron chi connectivity index (χ1n) is 12.7. The third kappa shape index (κ3) is 6.87. The van der Waals surface area contributed by atoms with Crippen molar-refractivity contribution in [2.75, 3.05) is 7.11 Å². The van der Waals surface area contributed by atoms with Crippen LogP contribution in [0.1, 0.15) is 36.1 Å².